The van der Waals surface area contributed by atoms with Crippen LogP contribution in [0.25, 0.3) is 5.69 Å². The largest absolute Gasteiger partial charge is 0.294 e. The number of aromatic nitrogens is 4. The highest BCUT2D eigenvalue weighted by molar-refractivity contribution is 7.98. The van der Waals surface area contributed by atoms with Crippen LogP contribution in [0.5, 0.6) is 0 Å². The monoisotopic (exact) mass is 455 g/mol. The van der Waals surface area contributed by atoms with E-state index >= 15 is 0 Å². The zero-order valence-corrected chi connectivity index (χ0v) is 19.2. The minimum absolute atomic E-state index is 0.687. The molecule has 30 heavy (non-hydrogen) atoms. The van der Waals surface area contributed by atoms with E-state index in [9.17, 15) is 0 Å². The van der Waals surface area contributed by atoms with Crippen LogP contribution in [-0.2, 0) is 18.8 Å². The summed E-state index contributed by atoms with van der Waals surface area (Å²) in [5, 5.41) is 12.7. The third kappa shape index (κ3) is 5.10. The molecule has 5 nitrogen and oxygen atoms in total. The smallest absolute Gasteiger partial charge is 0.196 e. The van der Waals surface area contributed by atoms with Crippen LogP contribution in [-0.4, -0.2) is 31.7 Å². The van der Waals surface area contributed by atoms with Gasteiger partial charge in [0.25, 0.3) is 0 Å². The molecule has 0 aliphatic carbocycles. The third-order valence-corrected chi connectivity index (χ3v) is 6.92. The van der Waals surface area contributed by atoms with E-state index in [0.717, 1.165) is 29.0 Å². The molecule has 4 aromatic rings. The van der Waals surface area contributed by atoms with Gasteiger partial charge in [0, 0.05) is 34.6 Å². The summed E-state index contributed by atoms with van der Waals surface area (Å²) in [6.07, 6.45) is 3.62. The van der Waals surface area contributed by atoms with Gasteiger partial charge < -0.3 is 0 Å². The lowest BCUT2D eigenvalue weighted by Gasteiger charge is -2.17. The quantitative estimate of drug-likeness (QED) is 0.323. The van der Waals surface area contributed by atoms with Crippen molar-refractivity contribution in [2.24, 2.45) is 0 Å². The van der Waals surface area contributed by atoms with Crippen molar-refractivity contribution < 1.29 is 0 Å². The van der Waals surface area contributed by atoms with E-state index in [0.29, 0.717) is 11.6 Å². The van der Waals surface area contributed by atoms with Gasteiger partial charge in [0.1, 0.15) is 0 Å². The Balaban J connectivity index is 1.59. The molecule has 3 aromatic heterocycles. The van der Waals surface area contributed by atoms with E-state index in [1.807, 2.05) is 48.8 Å². The molecule has 0 radical (unpaired) electrons. The molecule has 0 aliphatic rings. The fourth-order valence-electron chi connectivity index (χ4n) is 3.11. The summed E-state index contributed by atoms with van der Waals surface area (Å²) in [5.74, 6) is 1.69. The predicted molar refractivity (Wildman–Crippen MR) is 124 cm³/mol. The first-order valence-electron chi connectivity index (χ1n) is 9.53. The number of benzene rings is 1. The molecule has 0 saturated carbocycles. The van der Waals surface area contributed by atoms with Gasteiger partial charge in [-0.05, 0) is 66.9 Å². The first-order chi connectivity index (χ1) is 14.6. The molecule has 0 N–H and O–H groups in total. The highest BCUT2D eigenvalue weighted by Crippen LogP contribution is 2.27. The standard InChI is InChI=1S/C22H22ClN5S2/c1-16-8-11-29-20(16)13-27(2)14-21-25-26-22(30-15-17-6-9-24-10-7-17)28(21)19-5-3-4-18(23)12-19/h3-12H,13-15H2,1-2H3. The fourth-order valence-corrected chi connectivity index (χ4v) is 5.20. The molecule has 0 amide bonds. The second-order valence-corrected chi connectivity index (χ2v) is 9.44. The van der Waals surface area contributed by atoms with E-state index in [2.05, 4.69) is 50.1 Å². The molecule has 1 aromatic carbocycles. The van der Waals surface area contributed by atoms with Gasteiger partial charge in [0.05, 0.1) is 12.2 Å². The maximum atomic E-state index is 6.28. The number of nitrogens with zero attached hydrogens (tertiary/aromatic N) is 5. The summed E-state index contributed by atoms with van der Waals surface area (Å²) < 4.78 is 2.11. The number of thiophene rings is 1. The molecule has 0 aliphatic heterocycles. The first-order valence-corrected chi connectivity index (χ1v) is 11.8. The molecular formula is C22H22ClN5S2. The number of aryl methyl sites for hydroxylation is 1. The molecule has 8 heteroatoms. The Morgan fingerprint density at radius 2 is 1.93 bits per heavy atom. The maximum absolute atomic E-state index is 6.28. The summed E-state index contributed by atoms with van der Waals surface area (Å²) in [7, 11) is 2.11. The van der Waals surface area contributed by atoms with Gasteiger partial charge in [-0.3, -0.25) is 14.5 Å². The van der Waals surface area contributed by atoms with Gasteiger partial charge in [-0.25, -0.2) is 0 Å². The summed E-state index contributed by atoms with van der Waals surface area (Å²) in [4.78, 5) is 7.73. The molecule has 154 valence electrons. The van der Waals surface area contributed by atoms with E-state index in [-0.39, 0.29) is 0 Å². The summed E-state index contributed by atoms with van der Waals surface area (Å²) in [6, 6.07) is 14.0. The molecule has 0 unspecified atom stereocenters. The van der Waals surface area contributed by atoms with Crippen LogP contribution >= 0.6 is 34.7 Å². The average Bonchev–Trinajstić information content (AvgIpc) is 3.33. The maximum Gasteiger partial charge on any atom is 0.196 e. The van der Waals surface area contributed by atoms with Crippen LogP contribution in [0.2, 0.25) is 5.02 Å². The van der Waals surface area contributed by atoms with Crippen molar-refractivity contribution in [1.82, 2.24) is 24.6 Å². The zero-order valence-electron chi connectivity index (χ0n) is 16.8. The van der Waals surface area contributed by atoms with Crippen LogP contribution in [0.15, 0.2) is 65.4 Å². The molecule has 3 heterocycles. The zero-order chi connectivity index (χ0) is 20.9. The van der Waals surface area contributed by atoms with Crippen molar-refractivity contribution in [3.63, 3.8) is 0 Å². The molecule has 0 fully saturated rings. The highest BCUT2D eigenvalue weighted by Gasteiger charge is 2.17. The fraction of sp³-hybridized carbons (Fsp3) is 0.227. The second-order valence-electron chi connectivity index (χ2n) is 7.06. The lowest BCUT2D eigenvalue weighted by atomic mass is 10.3. The van der Waals surface area contributed by atoms with E-state index in [1.165, 1.54) is 16.0 Å². The summed E-state index contributed by atoms with van der Waals surface area (Å²) in [5.41, 5.74) is 3.50. The number of halogens is 1. The molecule has 0 bridgehead atoms. The number of hydrogen-bond donors (Lipinski definition) is 0. The van der Waals surface area contributed by atoms with Gasteiger partial charge >= 0.3 is 0 Å². The lowest BCUT2D eigenvalue weighted by Crippen LogP contribution is -2.20. The summed E-state index contributed by atoms with van der Waals surface area (Å²) >= 11 is 9.73. The SMILES string of the molecule is Cc1ccsc1CN(C)Cc1nnc(SCc2ccncc2)n1-c1cccc(Cl)c1. The Labute approximate surface area is 189 Å². The number of thioether (sulfide) groups is 1. The Hall–Kier alpha value is -2.19. The molecule has 0 atom stereocenters. The van der Waals surface area contributed by atoms with E-state index < -0.39 is 0 Å². The Kier molecular flexibility index (Phi) is 6.84. The second kappa shape index (κ2) is 9.75. The molecule has 4 rings (SSSR count). The van der Waals surface area contributed by atoms with Crippen molar-refractivity contribution in [3.8, 4) is 5.69 Å². The van der Waals surface area contributed by atoms with Crippen LogP contribution in [0.1, 0.15) is 21.8 Å². The Bertz CT molecular complexity index is 1110. The van der Waals surface area contributed by atoms with E-state index in [1.54, 1.807) is 23.1 Å². The van der Waals surface area contributed by atoms with Gasteiger partial charge in [-0.2, -0.15) is 0 Å². The van der Waals surface area contributed by atoms with Crippen LogP contribution in [0, 0.1) is 6.92 Å². The number of hydrogen-bond acceptors (Lipinski definition) is 6. The molecule has 0 saturated heterocycles. The normalized spacial score (nSPS) is 11.3. The van der Waals surface area contributed by atoms with Crippen LogP contribution < -0.4 is 0 Å². The van der Waals surface area contributed by atoms with Crippen molar-refractivity contribution in [2.45, 2.75) is 30.9 Å². The highest BCUT2D eigenvalue weighted by atomic mass is 35.5. The Morgan fingerprint density at radius 1 is 1.10 bits per heavy atom. The Morgan fingerprint density at radius 3 is 2.67 bits per heavy atom. The summed E-state index contributed by atoms with van der Waals surface area (Å²) in [6.45, 7) is 3.72. The minimum Gasteiger partial charge on any atom is -0.294 e. The van der Waals surface area contributed by atoms with Gasteiger partial charge in [0.15, 0.2) is 11.0 Å². The van der Waals surface area contributed by atoms with Gasteiger partial charge in [-0.15, -0.1) is 21.5 Å². The molecular weight excluding hydrogens is 434 g/mol. The average molecular weight is 456 g/mol. The minimum atomic E-state index is 0.687. The van der Waals surface area contributed by atoms with E-state index in [4.69, 9.17) is 11.6 Å². The lowest BCUT2D eigenvalue weighted by molar-refractivity contribution is 0.310. The van der Waals surface area contributed by atoms with Crippen LogP contribution in [0.4, 0.5) is 0 Å². The van der Waals surface area contributed by atoms with Crippen molar-refractivity contribution in [1.29, 1.82) is 0 Å². The van der Waals surface area contributed by atoms with Crippen molar-refractivity contribution >= 4 is 34.7 Å². The van der Waals surface area contributed by atoms with Crippen molar-refractivity contribution in [3.05, 3.63) is 87.1 Å². The topological polar surface area (TPSA) is 46.8 Å². The van der Waals surface area contributed by atoms with Crippen molar-refractivity contribution in [2.75, 3.05) is 7.05 Å². The first kappa shape index (κ1) is 21.1. The van der Waals surface area contributed by atoms with Crippen LogP contribution in [0.3, 0.4) is 0 Å². The third-order valence-electron chi connectivity index (χ3n) is 4.68. The molecule has 0 spiro atoms. The number of pyridine rings is 1. The number of rotatable bonds is 8. The van der Waals surface area contributed by atoms with Gasteiger partial charge in [0.2, 0.25) is 0 Å². The predicted octanol–water partition coefficient (Wildman–Crippen LogP) is 5.61. The van der Waals surface area contributed by atoms with Gasteiger partial charge in [-0.1, -0.05) is 29.4 Å².